The molecule has 57 heavy (non-hydrogen) atoms. The summed E-state index contributed by atoms with van der Waals surface area (Å²) in [5.74, 6) is -0.0640. The Morgan fingerprint density at radius 3 is 0.965 bits per heavy atom. The predicted molar refractivity (Wildman–Crippen MR) is 253 cm³/mol. The molecule has 0 aliphatic carbocycles. The maximum atomic E-state index is 12.4. The number of aliphatic hydroxyl groups excluding tert-OH is 2. The first-order chi connectivity index (χ1) is 28.2. The summed E-state index contributed by atoms with van der Waals surface area (Å²) in [5.41, 5.74) is 0. The third kappa shape index (κ3) is 45.8. The van der Waals surface area contributed by atoms with Crippen LogP contribution in [0.5, 0.6) is 0 Å². The normalized spacial score (nSPS) is 13.0. The molecule has 0 aliphatic rings. The lowest BCUT2D eigenvalue weighted by Gasteiger charge is -2.20. The van der Waals surface area contributed by atoms with Gasteiger partial charge >= 0.3 is 0 Å². The SMILES string of the molecule is CCCCCCCCCCCCCC/C=C\CCCCCCCCCC(=O)NC(CO)C(O)/C=C/CCCCCCCCCCCCCCCCCCCCCC. The number of aliphatic hydroxyl groups is 2. The van der Waals surface area contributed by atoms with Gasteiger partial charge in [-0.15, -0.1) is 0 Å². The largest absolute Gasteiger partial charge is 0.394 e. The standard InChI is InChI=1S/C53H103NO3/c1-3-5-7-9-11-13-15-17-19-21-23-25-27-29-31-33-35-37-39-41-43-45-47-49-53(57)54-51(50-55)52(56)48-46-44-42-40-38-36-34-32-30-28-26-24-22-20-18-16-14-12-10-8-6-4-2/h29,31,46,48,51-52,55-56H,3-28,30,32-45,47,49-50H2,1-2H3,(H,54,57)/b31-29-,48-46+. The van der Waals surface area contributed by atoms with Crippen LogP contribution in [0.25, 0.3) is 0 Å². The van der Waals surface area contributed by atoms with E-state index in [1.54, 1.807) is 6.08 Å². The molecule has 0 aromatic heterocycles. The molecule has 3 N–H and O–H groups in total. The summed E-state index contributed by atoms with van der Waals surface area (Å²) in [6, 6.07) is -0.623. The summed E-state index contributed by atoms with van der Waals surface area (Å²) < 4.78 is 0. The van der Waals surface area contributed by atoms with E-state index in [2.05, 4.69) is 31.3 Å². The molecule has 0 aliphatic heterocycles. The number of allylic oxidation sites excluding steroid dienone is 3. The third-order valence-electron chi connectivity index (χ3n) is 12.2. The van der Waals surface area contributed by atoms with Crippen LogP contribution in [0.3, 0.4) is 0 Å². The van der Waals surface area contributed by atoms with Crippen molar-refractivity contribution in [2.24, 2.45) is 0 Å². The highest BCUT2D eigenvalue weighted by atomic mass is 16.3. The number of unbranched alkanes of at least 4 members (excludes halogenated alkanes) is 39. The molecule has 0 heterocycles. The van der Waals surface area contributed by atoms with Gasteiger partial charge in [0.05, 0.1) is 18.8 Å². The van der Waals surface area contributed by atoms with Crippen molar-refractivity contribution in [2.45, 2.75) is 302 Å². The fourth-order valence-corrected chi connectivity index (χ4v) is 8.18. The summed E-state index contributed by atoms with van der Waals surface area (Å²) in [5, 5.41) is 23.1. The number of carbonyl (C=O) groups excluding carboxylic acids is 1. The number of nitrogens with one attached hydrogen (secondary N) is 1. The van der Waals surface area contributed by atoms with Crippen molar-refractivity contribution in [3.05, 3.63) is 24.3 Å². The molecule has 4 nitrogen and oxygen atoms in total. The zero-order valence-corrected chi connectivity index (χ0v) is 38.9. The van der Waals surface area contributed by atoms with Gasteiger partial charge in [0.1, 0.15) is 0 Å². The second-order valence-electron chi connectivity index (χ2n) is 17.9. The van der Waals surface area contributed by atoms with E-state index in [0.29, 0.717) is 6.42 Å². The predicted octanol–water partition coefficient (Wildman–Crippen LogP) is 16.8. The van der Waals surface area contributed by atoms with Crippen molar-refractivity contribution in [3.63, 3.8) is 0 Å². The van der Waals surface area contributed by atoms with Crippen LogP contribution < -0.4 is 5.32 Å². The fourth-order valence-electron chi connectivity index (χ4n) is 8.18. The number of rotatable bonds is 48. The Labute approximate surface area is 358 Å². The third-order valence-corrected chi connectivity index (χ3v) is 12.2. The minimum absolute atomic E-state index is 0.0640. The van der Waals surface area contributed by atoms with Crippen LogP contribution in [0, 0.1) is 0 Å². The zero-order valence-electron chi connectivity index (χ0n) is 38.9. The minimum atomic E-state index is -0.840. The smallest absolute Gasteiger partial charge is 0.220 e. The highest BCUT2D eigenvalue weighted by Gasteiger charge is 2.18. The molecule has 1 amide bonds. The molecule has 0 radical (unpaired) electrons. The van der Waals surface area contributed by atoms with Crippen molar-refractivity contribution in [1.29, 1.82) is 0 Å². The second kappa shape index (κ2) is 49.2. The summed E-state index contributed by atoms with van der Waals surface area (Å²) in [6.45, 7) is 4.34. The minimum Gasteiger partial charge on any atom is -0.394 e. The van der Waals surface area contributed by atoms with Crippen LogP contribution in [0.2, 0.25) is 0 Å². The van der Waals surface area contributed by atoms with Crippen molar-refractivity contribution < 1.29 is 15.0 Å². The summed E-state index contributed by atoms with van der Waals surface area (Å²) in [7, 11) is 0. The van der Waals surface area contributed by atoms with E-state index in [-0.39, 0.29) is 12.5 Å². The molecular formula is C53H103NO3. The lowest BCUT2D eigenvalue weighted by molar-refractivity contribution is -0.123. The Bertz CT molecular complexity index is 825. The second-order valence-corrected chi connectivity index (χ2v) is 17.9. The van der Waals surface area contributed by atoms with E-state index in [0.717, 1.165) is 25.7 Å². The van der Waals surface area contributed by atoms with Gasteiger partial charge in [-0.25, -0.2) is 0 Å². The Balaban J connectivity index is 3.51. The topological polar surface area (TPSA) is 69.6 Å². The number of hydrogen-bond acceptors (Lipinski definition) is 3. The average Bonchev–Trinajstić information content (AvgIpc) is 3.22. The summed E-state index contributed by atoms with van der Waals surface area (Å²) >= 11 is 0. The van der Waals surface area contributed by atoms with E-state index in [1.165, 1.54) is 244 Å². The fraction of sp³-hybridized carbons (Fsp3) is 0.906. The molecule has 0 saturated heterocycles. The molecule has 0 aromatic carbocycles. The first kappa shape index (κ1) is 55.9. The molecule has 0 aromatic rings. The molecule has 0 spiro atoms. The molecule has 2 unspecified atom stereocenters. The van der Waals surface area contributed by atoms with Crippen LogP contribution in [-0.2, 0) is 4.79 Å². The zero-order chi connectivity index (χ0) is 41.4. The Kier molecular flexibility index (Phi) is 48.3. The van der Waals surface area contributed by atoms with E-state index in [1.807, 2.05) is 6.08 Å². The van der Waals surface area contributed by atoms with Crippen LogP contribution in [0.15, 0.2) is 24.3 Å². The number of carbonyl (C=O) groups is 1. The van der Waals surface area contributed by atoms with Gasteiger partial charge in [-0.3, -0.25) is 4.79 Å². The first-order valence-corrected chi connectivity index (χ1v) is 26.1. The van der Waals surface area contributed by atoms with Crippen molar-refractivity contribution in [1.82, 2.24) is 5.32 Å². The molecule has 338 valence electrons. The lowest BCUT2D eigenvalue weighted by atomic mass is 10.0. The molecular weight excluding hydrogens is 699 g/mol. The quantitative estimate of drug-likeness (QED) is 0.0424. The van der Waals surface area contributed by atoms with Crippen molar-refractivity contribution >= 4 is 5.91 Å². The first-order valence-electron chi connectivity index (χ1n) is 26.1. The summed E-state index contributed by atoms with van der Waals surface area (Å²) in [4.78, 5) is 12.4. The molecule has 2 atom stereocenters. The maximum absolute atomic E-state index is 12.4. The monoisotopic (exact) mass is 802 g/mol. The Morgan fingerprint density at radius 2 is 0.667 bits per heavy atom. The number of amides is 1. The van der Waals surface area contributed by atoms with Crippen LogP contribution in [0.1, 0.15) is 290 Å². The Hall–Kier alpha value is -1.13. The van der Waals surface area contributed by atoms with E-state index in [4.69, 9.17) is 0 Å². The maximum Gasteiger partial charge on any atom is 0.220 e. The van der Waals surface area contributed by atoms with Gasteiger partial charge in [0.15, 0.2) is 0 Å². The van der Waals surface area contributed by atoms with Gasteiger partial charge in [0.2, 0.25) is 5.91 Å². The summed E-state index contributed by atoms with van der Waals surface area (Å²) in [6.07, 6.45) is 64.6. The van der Waals surface area contributed by atoms with Gasteiger partial charge in [-0.1, -0.05) is 263 Å². The molecule has 0 fully saturated rings. The van der Waals surface area contributed by atoms with Gasteiger partial charge in [0.25, 0.3) is 0 Å². The number of hydrogen-bond donors (Lipinski definition) is 3. The van der Waals surface area contributed by atoms with Crippen LogP contribution in [-0.4, -0.2) is 34.9 Å². The molecule has 0 bridgehead atoms. The molecule has 0 saturated carbocycles. The van der Waals surface area contributed by atoms with Crippen LogP contribution in [0.4, 0.5) is 0 Å². The van der Waals surface area contributed by atoms with Gasteiger partial charge in [0, 0.05) is 6.42 Å². The highest BCUT2D eigenvalue weighted by molar-refractivity contribution is 5.76. The average molecular weight is 802 g/mol. The van der Waals surface area contributed by atoms with Crippen molar-refractivity contribution in [2.75, 3.05) is 6.61 Å². The lowest BCUT2D eigenvalue weighted by Crippen LogP contribution is -2.45. The van der Waals surface area contributed by atoms with E-state index >= 15 is 0 Å². The molecule has 0 rings (SSSR count). The van der Waals surface area contributed by atoms with Crippen molar-refractivity contribution in [3.8, 4) is 0 Å². The van der Waals surface area contributed by atoms with E-state index in [9.17, 15) is 15.0 Å². The highest BCUT2D eigenvalue weighted by Crippen LogP contribution is 2.17. The van der Waals surface area contributed by atoms with Gasteiger partial charge < -0.3 is 15.5 Å². The van der Waals surface area contributed by atoms with Gasteiger partial charge in [-0.2, -0.15) is 0 Å². The van der Waals surface area contributed by atoms with Gasteiger partial charge in [-0.05, 0) is 44.9 Å². The Morgan fingerprint density at radius 1 is 0.404 bits per heavy atom. The molecule has 4 heteroatoms. The van der Waals surface area contributed by atoms with E-state index < -0.39 is 12.1 Å². The van der Waals surface area contributed by atoms with Crippen LogP contribution >= 0.6 is 0 Å².